The Bertz CT molecular complexity index is 623. The van der Waals surface area contributed by atoms with Crippen LogP contribution in [-0.4, -0.2) is 6.29 Å². The highest BCUT2D eigenvalue weighted by atomic mass is 35.5. The Kier molecular flexibility index (Phi) is 3.43. The second kappa shape index (κ2) is 4.86. The number of hydrogen-bond acceptors (Lipinski definition) is 1. The fourth-order valence-electron chi connectivity index (χ4n) is 1.67. The van der Waals surface area contributed by atoms with Gasteiger partial charge >= 0.3 is 0 Å². The Balaban J connectivity index is 2.62. The summed E-state index contributed by atoms with van der Waals surface area (Å²) in [7, 11) is 0. The molecule has 0 saturated heterocycles. The third-order valence-corrected chi connectivity index (χ3v) is 3.03. The lowest BCUT2D eigenvalue weighted by atomic mass is 10.0. The van der Waals surface area contributed by atoms with Crippen LogP contribution < -0.4 is 0 Å². The third-order valence-electron chi connectivity index (χ3n) is 2.68. The highest BCUT2D eigenvalue weighted by molar-refractivity contribution is 6.33. The minimum absolute atomic E-state index is 0.109. The molecule has 0 aliphatic heterocycles. The molecule has 1 nitrogen and oxygen atoms in total. The lowest BCUT2D eigenvalue weighted by molar-refractivity contribution is 0.112. The molecule has 0 heterocycles. The average molecular weight is 267 g/mol. The van der Waals surface area contributed by atoms with Crippen molar-refractivity contribution >= 4 is 17.9 Å². The van der Waals surface area contributed by atoms with Crippen molar-refractivity contribution in [3.8, 4) is 11.1 Å². The van der Waals surface area contributed by atoms with Gasteiger partial charge in [-0.1, -0.05) is 17.7 Å². The van der Waals surface area contributed by atoms with Crippen molar-refractivity contribution in [3.63, 3.8) is 0 Å². The average Bonchev–Trinajstić information content (AvgIpc) is 2.35. The van der Waals surface area contributed by atoms with Gasteiger partial charge in [0, 0.05) is 11.1 Å². The molecule has 92 valence electrons. The molecule has 0 amide bonds. The lowest BCUT2D eigenvalue weighted by Gasteiger charge is -2.07. The molecule has 0 aliphatic rings. The van der Waals surface area contributed by atoms with Crippen LogP contribution in [-0.2, 0) is 0 Å². The molecular formula is C14H9ClF2O. The Morgan fingerprint density at radius 2 is 1.83 bits per heavy atom. The molecule has 0 fully saturated rings. The van der Waals surface area contributed by atoms with Crippen LogP contribution in [0.25, 0.3) is 11.1 Å². The Labute approximate surface area is 108 Å². The summed E-state index contributed by atoms with van der Waals surface area (Å²) in [6.45, 7) is 1.49. The summed E-state index contributed by atoms with van der Waals surface area (Å²) in [4.78, 5) is 10.8. The summed E-state index contributed by atoms with van der Waals surface area (Å²) >= 11 is 5.78. The first-order valence-corrected chi connectivity index (χ1v) is 5.61. The smallest absolute Gasteiger partial charge is 0.151 e. The summed E-state index contributed by atoms with van der Waals surface area (Å²) in [5, 5.41) is 0.279. The fourth-order valence-corrected chi connectivity index (χ4v) is 1.83. The predicted octanol–water partition coefficient (Wildman–Crippen LogP) is 4.41. The summed E-state index contributed by atoms with van der Waals surface area (Å²) < 4.78 is 27.2. The molecule has 0 aromatic heterocycles. The maximum absolute atomic E-state index is 13.8. The number of carbonyl (C=O) groups excluding carboxylic acids is 1. The zero-order valence-electron chi connectivity index (χ0n) is 9.51. The van der Waals surface area contributed by atoms with E-state index < -0.39 is 11.6 Å². The minimum atomic E-state index is -0.534. The summed E-state index contributed by atoms with van der Waals surface area (Å²) in [6, 6.07) is 6.70. The van der Waals surface area contributed by atoms with Gasteiger partial charge in [0.25, 0.3) is 0 Å². The Morgan fingerprint density at radius 3 is 2.50 bits per heavy atom. The number of hydrogen-bond donors (Lipinski definition) is 0. The molecule has 4 heteroatoms. The number of halogens is 3. The van der Waals surface area contributed by atoms with Gasteiger partial charge in [0.2, 0.25) is 0 Å². The van der Waals surface area contributed by atoms with Crippen LogP contribution in [0.15, 0.2) is 30.3 Å². The molecule has 2 aromatic carbocycles. The van der Waals surface area contributed by atoms with E-state index in [2.05, 4.69) is 0 Å². The zero-order chi connectivity index (χ0) is 13.3. The maximum atomic E-state index is 13.8. The molecule has 0 N–H and O–H groups in total. The van der Waals surface area contributed by atoms with Crippen molar-refractivity contribution in [2.75, 3.05) is 0 Å². The van der Waals surface area contributed by atoms with Gasteiger partial charge in [-0.15, -0.1) is 0 Å². The van der Waals surface area contributed by atoms with Gasteiger partial charge in [-0.3, -0.25) is 4.79 Å². The molecule has 0 aliphatic carbocycles. The van der Waals surface area contributed by atoms with Gasteiger partial charge in [0.15, 0.2) is 6.29 Å². The van der Waals surface area contributed by atoms with Crippen LogP contribution in [0.3, 0.4) is 0 Å². The number of aryl methyl sites for hydroxylation is 1. The van der Waals surface area contributed by atoms with Crippen LogP contribution in [0.2, 0.25) is 5.02 Å². The van der Waals surface area contributed by atoms with Crippen molar-refractivity contribution in [1.29, 1.82) is 0 Å². The van der Waals surface area contributed by atoms with Gasteiger partial charge in [0.1, 0.15) is 11.6 Å². The van der Waals surface area contributed by atoms with Gasteiger partial charge in [-0.2, -0.15) is 0 Å². The summed E-state index contributed by atoms with van der Waals surface area (Å²) in [6.07, 6.45) is 0.578. The number of rotatable bonds is 2. The fraction of sp³-hybridized carbons (Fsp3) is 0.0714. The van der Waals surface area contributed by atoms with Crippen LogP contribution in [0.4, 0.5) is 8.78 Å². The second-order valence-corrected chi connectivity index (χ2v) is 4.34. The van der Waals surface area contributed by atoms with Crippen molar-refractivity contribution in [2.45, 2.75) is 6.92 Å². The standard InChI is InChI=1S/C14H9ClF2O/c1-8-4-14(17)11(6-13(8)16)9-2-3-12(15)10(5-9)7-18/h2-7H,1H3. The largest absolute Gasteiger partial charge is 0.298 e. The number of benzene rings is 2. The minimum Gasteiger partial charge on any atom is -0.298 e. The molecule has 0 atom stereocenters. The normalized spacial score (nSPS) is 10.4. The van der Waals surface area contributed by atoms with Crippen molar-refractivity contribution in [1.82, 2.24) is 0 Å². The van der Waals surface area contributed by atoms with Crippen LogP contribution in [0.5, 0.6) is 0 Å². The van der Waals surface area contributed by atoms with E-state index in [9.17, 15) is 13.6 Å². The lowest BCUT2D eigenvalue weighted by Crippen LogP contribution is -1.92. The van der Waals surface area contributed by atoms with E-state index in [1.165, 1.54) is 19.1 Å². The molecule has 0 radical (unpaired) electrons. The first kappa shape index (κ1) is 12.7. The first-order valence-electron chi connectivity index (χ1n) is 5.23. The maximum Gasteiger partial charge on any atom is 0.151 e. The Morgan fingerprint density at radius 1 is 1.11 bits per heavy atom. The highest BCUT2D eigenvalue weighted by Gasteiger charge is 2.11. The summed E-state index contributed by atoms with van der Waals surface area (Å²) in [5.74, 6) is -1.03. The first-order chi connectivity index (χ1) is 8.52. The quantitative estimate of drug-likeness (QED) is 0.736. The van der Waals surface area contributed by atoms with Crippen molar-refractivity contribution in [3.05, 3.63) is 58.1 Å². The van der Waals surface area contributed by atoms with E-state index in [1.807, 2.05) is 0 Å². The second-order valence-electron chi connectivity index (χ2n) is 3.94. The van der Waals surface area contributed by atoms with E-state index >= 15 is 0 Å². The highest BCUT2D eigenvalue weighted by Crippen LogP contribution is 2.28. The molecule has 2 aromatic rings. The molecule has 18 heavy (non-hydrogen) atoms. The number of carbonyl (C=O) groups is 1. The molecule has 0 saturated carbocycles. The van der Waals surface area contributed by atoms with E-state index in [0.29, 0.717) is 11.8 Å². The zero-order valence-corrected chi connectivity index (χ0v) is 10.3. The Hall–Kier alpha value is -1.74. The molecule has 0 bridgehead atoms. The van der Waals surface area contributed by atoms with E-state index in [-0.39, 0.29) is 21.7 Å². The van der Waals surface area contributed by atoms with Crippen molar-refractivity contribution in [2.24, 2.45) is 0 Å². The monoisotopic (exact) mass is 266 g/mol. The van der Waals surface area contributed by atoms with E-state index in [4.69, 9.17) is 11.6 Å². The van der Waals surface area contributed by atoms with Gasteiger partial charge < -0.3 is 0 Å². The van der Waals surface area contributed by atoms with Gasteiger partial charge in [0.05, 0.1) is 5.02 Å². The molecular weight excluding hydrogens is 258 g/mol. The van der Waals surface area contributed by atoms with Crippen LogP contribution in [0, 0.1) is 18.6 Å². The van der Waals surface area contributed by atoms with E-state index in [0.717, 1.165) is 12.1 Å². The van der Waals surface area contributed by atoms with Crippen LogP contribution in [0.1, 0.15) is 15.9 Å². The molecule has 0 spiro atoms. The van der Waals surface area contributed by atoms with Gasteiger partial charge in [-0.25, -0.2) is 8.78 Å². The third kappa shape index (κ3) is 2.27. The number of aldehydes is 1. The van der Waals surface area contributed by atoms with Crippen molar-refractivity contribution < 1.29 is 13.6 Å². The predicted molar refractivity (Wildman–Crippen MR) is 66.9 cm³/mol. The van der Waals surface area contributed by atoms with Crippen LogP contribution >= 0.6 is 11.6 Å². The topological polar surface area (TPSA) is 17.1 Å². The molecule has 0 unspecified atom stereocenters. The SMILES string of the molecule is Cc1cc(F)c(-c2ccc(Cl)c(C=O)c2)cc1F. The molecule has 2 rings (SSSR count). The van der Waals surface area contributed by atoms with E-state index in [1.54, 1.807) is 6.07 Å². The van der Waals surface area contributed by atoms with Gasteiger partial charge in [-0.05, 0) is 42.3 Å². The summed E-state index contributed by atoms with van der Waals surface area (Å²) in [5.41, 5.74) is 1.01.